The number of benzene rings is 1. The van der Waals surface area contributed by atoms with Crippen LogP contribution in [0, 0.1) is 10.1 Å². The molecule has 104 valence electrons. The van der Waals surface area contributed by atoms with Crippen LogP contribution < -0.4 is 5.32 Å². The number of ether oxygens (including phenoxy) is 1. The Morgan fingerprint density at radius 3 is 3.05 bits per heavy atom. The van der Waals surface area contributed by atoms with E-state index in [-0.39, 0.29) is 16.7 Å². The predicted octanol–water partition coefficient (Wildman–Crippen LogP) is 2.81. The molecule has 1 aliphatic heterocycles. The summed E-state index contributed by atoms with van der Waals surface area (Å²) in [5, 5.41) is 14.4. The molecule has 0 aliphatic carbocycles. The molecule has 19 heavy (non-hydrogen) atoms. The molecule has 2 unspecified atom stereocenters. The van der Waals surface area contributed by atoms with Crippen molar-refractivity contribution >= 4 is 5.69 Å². The van der Waals surface area contributed by atoms with Crippen LogP contribution in [-0.2, 0) is 4.74 Å². The summed E-state index contributed by atoms with van der Waals surface area (Å²) in [5.41, 5.74) is 1.12. The Labute approximate surface area is 113 Å². The Morgan fingerprint density at radius 2 is 2.42 bits per heavy atom. The van der Waals surface area contributed by atoms with Gasteiger partial charge >= 0.3 is 0 Å². The van der Waals surface area contributed by atoms with E-state index < -0.39 is 0 Å². The highest BCUT2D eigenvalue weighted by Crippen LogP contribution is 2.23. The van der Waals surface area contributed by atoms with E-state index in [1.807, 2.05) is 6.07 Å². The van der Waals surface area contributed by atoms with Crippen LogP contribution in [-0.4, -0.2) is 24.2 Å². The number of rotatable bonds is 5. The first-order valence-electron chi connectivity index (χ1n) is 6.79. The molecule has 1 fully saturated rings. The van der Waals surface area contributed by atoms with Crippen molar-refractivity contribution in [3.8, 4) is 0 Å². The summed E-state index contributed by atoms with van der Waals surface area (Å²) in [6, 6.07) is 7.36. The second-order valence-electron chi connectivity index (χ2n) is 4.89. The quantitative estimate of drug-likeness (QED) is 0.656. The van der Waals surface area contributed by atoms with Gasteiger partial charge in [0, 0.05) is 30.8 Å². The largest absolute Gasteiger partial charge is 0.380 e. The van der Waals surface area contributed by atoms with Gasteiger partial charge in [0.1, 0.15) is 0 Å². The maximum absolute atomic E-state index is 10.8. The summed E-state index contributed by atoms with van der Waals surface area (Å²) >= 11 is 0. The molecule has 0 saturated carbocycles. The number of hydrogen-bond donors (Lipinski definition) is 1. The molecule has 0 aromatic heterocycles. The third-order valence-corrected chi connectivity index (χ3v) is 3.49. The standard InChI is InChI=1S/C14H20N2O3/c1-2-14(15-12-6-4-8-19-10-12)11-5-3-7-13(9-11)16(17)18/h3,5,7,9,12,14-15H,2,4,6,8,10H2,1H3. The minimum atomic E-state index is -0.347. The molecule has 5 heteroatoms. The van der Waals surface area contributed by atoms with Crippen LogP contribution >= 0.6 is 0 Å². The molecule has 1 aliphatic rings. The Bertz CT molecular complexity index is 430. The lowest BCUT2D eigenvalue weighted by atomic mass is 10.0. The van der Waals surface area contributed by atoms with Crippen LogP contribution in [0.25, 0.3) is 0 Å². The van der Waals surface area contributed by atoms with Gasteiger partial charge in [-0.05, 0) is 24.8 Å². The Kier molecular flexibility index (Phi) is 4.87. The Hall–Kier alpha value is -1.46. The highest BCUT2D eigenvalue weighted by molar-refractivity contribution is 5.35. The fourth-order valence-electron chi connectivity index (χ4n) is 2.46. The van der Waals surface area contributed by atoms with E-state index in [2.05, 4.69) is 12.2 Å². The molecule has 5 nitrogen and oxygen atoms in total. The molecule has 1 aromatic rings. The normalized spacial score (nSPS) is 21.0. The summed E-state index contributed by atoms with van der Waals surface area (Å²) in [5.74, 6) is 0. The van der Waals surface area contributed by atoms with Gasteiger partial charge in [-0.2, -0.15) is 0 Å². The Balaban J connectivity index is 2.07. The predicted molar refractivity (Wildman–Crippen MR) is 73.1 cm³/mol. The molecule has 1 saturated heterocycles. The third kappa shape index (κ3) is 3.75. The first-order valence-corrected chi connectivity index (χ1v) is 6.79. The van der Waals surface area contributed by atoms with Gasteiger partial charge < -0.3 is 10.1 Å². The van der Waals surface area contributed by atoms with E-state index in [0.29, 0.717) is 6.04 Å². The molecular weight excluding hydrogens is 244 g/mol. The maximum Gasteiger partial charge on any atom is 0.269 e. The highest BCUT2D eigenvalue weighted by Gasteiger charge is 2.19. The number of nitrogens with one attached hydrogen (secondary N) is 1. The SMILES string of the molecule is CCC(NC1CCCOC1)c1cccc([N+](=O)[O-])c1. The maximum atomic E-state index is 10.8. The topological polar surface area (TPSA) is 64.4 Å². The van der Waals surface area contributed by atoms with Crippen molar-refractivity contribution < 1.29 is 9.66 Å². The molecule has 0 radical (unpaired) electrons. The molecule has 1 aromatic carbocycles. The highest BCUT2D eigenvalue weighted by atomic mass is 16.6. The van der Waals surface area contributed by atoms with Gasteiger partial charge in [-0.1, -0.05) is 19.1 Å². The van der Waals surface area contributed by atoms with E-state index >= 15 is 0 Å². The van der Waals surface area contributed by atoms with E-state index in [0.717, 1.165) is 38.0 Å². The molecule has 0 spiro atoms. The molecule has 2 rings (SSSR count). The van der Waals surface area contributed by atoms with E-state index in [9.17, 15) is 10.1 Å². The van der Waals surface area contributed by atoms with E-state index in [1.54, 1.807) is 12.1 Å². The van der Waals surface area contributed by atoms with Crippen LogP contribution in [0.5, 0.6) is 0 Å². The third-order valence-electron chi connectivity index (χ3n) is 3.49. The fraction of sp³-hybridized carbons (Fsp3) is 0.571. The number of nitro groups is 1. The monoisotopic (exact) mass is 264 g/mol. The van der Waals surface area contributed by atoms with Crippen LogP contribution in [0.3, 0.4) is 0 Å². The van der Waals surface area contributed by atoms with Crippen LogP contribution in [0.4, 0.5) is 5.69 Å². The van der Waals surface area contributed by atoms with Crippen LogP contribution in [0.2, 0.25) is 0 Å². The number of nitro benzene ring substituents is 1. The van der Waals surface area contributed by atoms with Crippen molar-refractivity contribution in [2.24, 2.45) is 0 Å². The van der Waals surface area contributed by atoms with E-state index in [1.165, 1.54) is 6.07 Å². The molecule has 1 heterocycles. The zero-order valence-electron chi connectivity index (χ0n) is 11.2. The van der Waals surface area contributed by atoms with Gasteiger partial charge in [0.25, 0.3) is 5.69 Å². The molecule has 0 bridgehead atoms. The van der Waals surface area contributed by atoms with Crippen molar-refractivity contribution in [2.45, 2.75) is 38.3 Å². The lowest BCUT2D eigenvalue weighted by Gasteiger charge is -2.28. The van der Waals surface area contributed by atoms with Gasteiger partial charge in [-0.15, -0.1) is 0 Å². The van der Waals surface area contributed by atoms with Gasteiger partial charge in [-0.25, -0.2) is 0 Å². The molecule has 1 N–H and O–H groups in total. The average molecular weight is 264 g/mol. The Morgan fingerprint density at radius 1 is 1.58 bits per heavy atom. The molecule has 2 atom stereocenters. The number of hydrogen-bond acceptors (Lipinski definition) is 4. The zero-order chi connectivity index (χ0) is 13.7. The second-order valence-corrected chi connectivity index (χ2v) is 4.89. The molecular formula is C14H20N2O3. The summed E-state index contributed by atoms with van der Waals surface area (Å²) in [7, 11) is 0. The van der Waals surface area contributed by atoms with Crippen molar-refractivity contribution in [3.05, 3.63) is 39.9 Å². The van der Waals surface area contributed by atoms with Crippen molar-refractivity contribution in [2.75, 3.05) is 13.2 Å². The van der Waals surface area contributed by atoms with Crippen molar-refractivity contribution in [3.63, 3.8) is 0 Å². The fourth-order valence-corrected chi connectivity index (χ4v) is 2.46. The van der Waals surface area contributed by atoms with Gasteiger partial charge in [0.05, 0.1) is 11.5 Å². The minimum absolute atomic E-state index is 0.145. The second kappa shape index (κ2) is 6.63. The minimum Gasteiger partial charge on any atom is -0.380 e. The summed E-state index contributed by atoms with van der Waals surface area (Å²) in [6.45, 7) is 3.65. The van der Waals surface area contributed by atoms with E-state index in [4.69, 9.17) is 4.74 Å². The zero-order valence-corrected chi connectivity index (χ0v) is 11.2. The van der Waals surface area contributed by atoms with Crippen molar-refractivity contribution in [1.29, 1.82) is 0 Å². The average Bonchev–Trinajstić information content (AvgIpc) is 2.46. The lowest BCUT2D eigenvalue weighted by molar-refractivity contribution is -0.384. The van der Waals surface area contributed by atoms with Gasteiger partial charge in [0.15, 0.2) is 0 Å². The van der Waals surface area contributed by atoms with Gasteiger partial charge in [-0.3, -0.25) is 10.1 Å². The summed E-state index contributed by atoms with van der Waals surface area (Å²) < 4.78 is 5.45. The summed E-state index contributed by atoms with van der Waals surface area (Å²) in [6.07, 6.45) is 3.08. The van der Waals surface area contributed by atoms with Crippen LogP contribution in [0.1, 0.15) is 37.8 Å². The molecule has 0 amide bonds. The van der Waals surface area contributed by atoms with Crippen molar-refractivity contribution in [1.82, 2.24) is 5.32 Å². The number of non-ortho nitro benzene ring substituents is 1. The first kappa shape index (κ1) is 14.0. The summed E-state index contributed by atoms with van der Waals surface area (Å²) in [4.78, 5) is 10.5. The smallest absolute Gasteiger partial charge is 0.269 e. The first-order chi connectivity index (χ1) is 9.20. The lowest BCUT2D eigenvalue weighted by Crippen LogP contribution is -2.39. The van der Waals surface area contributed by atoms with Gasteiger partial charge in [0.2, 0.25) is 0 Å². The van der Waals surface area contributed by atoms with Crippen LogP contribution in [0.15, 0.2) is 24.3 Å². The number of nitrogens with zero attached hydrogens (tertiary/aromatic N) is 1.